The maximum Gasteiger partial charge on any atom is 0.262 e. The van der Waals surface area contributed by atoms with Gasteiger partial charge >= 0.3 is 0 Å². The van der Waals surface area contributed by atoms with Crippen LogP contribution < -0.4 is 10.6 Å². The number of carbonyl (C=O) groups excluding carboxylic acids is 3. The molecule has 0 radical (unpaired) electrons. The largest absolute Gasteiger partial charge is 0.351 e. The molecule has 3 amide bonds. The molecular weight excluding hydrogens is 364 g/mol. The number of aliphatic imine (C=N–C) groups is 1. The number of nitrogens with zero attached hydrogens (tertiary/aromatic N) is 2. The van der Waals surface area contributed by atoms with E-state index in [0.717, 1.165) is 31.1 Å². The van der Waals surface area contributed by atoms with Gasteiger partial charge in [-0.3, -0.25) is 14.4 Å². The number of thioether (sulfide) groups is 1. The highest BCUT2D eigenvalue weighted by Crippen LogP contribution is 2.29. The fraction of sp³-hybridized carbons (Fsp3) is 0.474. The van der Waals surface area contributed by atoms with Crippen molar-refractivity contribution >= 4 is 40.3 Å². The summed E-state index contributed by atoms with van der Waals surface area (Å²) in [7, 11) is 0. The Bertz CT molecular complexity index is 755. The standard InChI is InChI=1S/C19H24N4O3S/c1-12(2)20-17(25)13-5-7-14(8-6-13)21-16(24)11-15-18(26)22-19(27-15)23-9-3-4-10-23/h5-8,12,15H,3-4,9-11H2,1-2H3,(H,20,25)(H,21,24)/t15-/m0/s1. The van der Waals surface area contributed by atoms with Crippen molar-refractivity contribution in [3.05, 3.63) is 29.8 Å². The Morgan fingerprint density at radius 2 is 1.89 bits per heavy atom. The highest BCUT2D eigenvalue weighted by Gasteiger charge is 2.33. The molecule has 1 atom stereocenters. The number of amides is 3. The van der Waals surface area contributed by atoms with Gasteiger partial charge in [-0.1, -0.05) is 11.8 Å². The van der Waals surface area contributed by atoms with Crippen LogP contribution in [-0.4, -0.2) is 52.2 Å². The Morgan fingerprint density at radius 3 is 2.52 bits per heavy atom. The second-order valence-corrected chi connectivity index (χ2v) is 8.16. The van der Waals surface area contributed by atoms with Crippen molar-refractivity contribution in [1.29, 1.82) is 0 Å². The van der Waals surface area contributed by atoms with E-state index in [1.54, 1.807) is 24.3 Å². The molecule has 8 heteroatoms. The summed E-state index contributed by atoms with van der Waals surface area (Å²) >= 11 is 1.38. The van der Waals surface area contributed by atoms with Crippen LogP contribution in [0.1, 0.15) is 43.5 Å². The van der Waals surface area contributed by atoms with Crippen LogP contribution in [0, 0.1) is 0 Å². The first kappa shape index (κ1) is 19.4. The number of hydrogen-bond acceptors (Lipinski definition) is 5. The summed E-state index contributed by atoms with van der Waals surface area (Å²) in [5.41, 5.74) is 1.13. The lowest BCUT2D eigenvalue weighted by Gasteiger charge is -2.16. The fourth-order valence-electron chi connectivity index (χ4n) is 2.98. The number of carbonyl (C=O) groups is 3. The van der Waals surface area contributed by atoms with Crippen molar-refractivity contribution in [2.75, 3.05) is 18.4 Å². The first-order valence-electron chi connectivity index (χ1n) is 9.17. The molecule has 7 nitrogen and oxygen atoms in total. The van der Waals surface area contributed by atoms with Crippen LogP contribution in [0.5, 0.6) is 0 Å². The van der Waals surface area contributed by atoms with Gasteiger partial charge in [-0.05, 0) is 51.0 Å². The van der Waals surface area contributed by atoms with Crippen LogP contribution >= 0.6 is 11.8 Å². The molecule has 0 unspecified atom stereocenters. The molecule has 1 saturated heterocycles. The Morgan fingerprint density at radius 1 is 1.22 bits per heavy atom. The second kappa shape index (κ2) is 8.56. The summed E-state index contributed by atoms with van der Waals surface area (Å²) in [6.07, 6.45) is 2.31. The Hall–Kier alpha value is -2.35. The maximum atomic E-state index is 12.3. The predicted molar refractivity (Wildman–Crippen MR) is 107 cm³/mol. The summed E-state index contributed by atoms with van der Waals surface area (Å²) < 4.78 is 0. The number of amidine groups is 1. The molecule has 2 aliphatic rings. The zero-order chi connectivity index (χ0) is 19.4. The number of hydrogen-bond donors (Lipinski definition) is 2. The van der Waals surface area contributed by atoms with E-state index in [4.69, 9.17) is 0 Å². The molecule has 144 valence electrons. The number of nitrogens with one attached hydrogen (secondary N) is 2. The molecular formula is C19H24N4O3S. The van der Waals surface area contributed by atoms with Gasteiger partial charge in [-0.2, -0.15) is 4.99 Å². The molecule has 0 aliphatic carbocycles. The third-order valence-electron chi connectivity index (χ3n) is 4.33. The number of likely N-dealkylation sites (tertiary alicyclic amines) is 1. The first-order chi connectivity index (χ1) is 12.9. The summed E-state index contributed by atoms with van der Waals surface area (Å²) in [6.45, 7) is 5.64. The van der Waals surface area contributed by atoms with Crippen molar-refractivity contribution in [3.63, 3.8) is 0 Å². The van der Waals surface area contributed by atoms with Gasteiger partial charge in [0.05, 0.1) is 0 Å². The summed E-state index contributed by atoms with van der Waals surface area (Å²) in [5.74, 6) is -0.627. The summed E-state index contributed by atoms with van der Waals surface area (Å²) in [6, 6.07) is 6.76. The lowest BCUT2D eigenvalue weighted by atomic mass is 10.1. The predicted octanol–water partition coefficient (Wildman–Crippen LogP) is 2.25. The minimum atomic E-state index is -0.461. The van der Waals surface area contributed by atoms with E-state index in [0.29, 0.717) is 11.3 Å². The lowest BCUT2D eigenvalue weighted by Crippen LogP contribution is -2.30. The van der Waals surface area contributed by atoms with Crippen LogP contribution in [0.15, 0.2) is 29.3 Å². The lowest BCUT2D eigenvalue weighted by molar-refractivity contribution is -0.121. The molecule has 1 aromatic carbocycles. The molecule has 0 aromatic heterocycles. The van der Waals surface area contributed by atoms with E-state index in [-0.39, 0.29) is 30.2 Å². The molecule has 3 rings (SSSR count). The normalized spacial score (nSPS) is 19.4. The van der Waals surface area contributed by atoms with E-state index in [2.05, 4.69) is 20.5 Å². The Labute approximate surface area is 163 Å². The van der Waals surface area contributed by atoms with Crippen molar-refractivity contribution in [2.45, 2.75) is 44.4 Å². The van der Waals surface area contributed by atoms with Crippen LogP contribution in [0.4, 0.5) is 5.69 Å². The van der Waals surface area contributed by atoms with E-state index < -0.39 is 5.25 Å². The van der Waals surface area contributed by atoms with Crippen molar-refractivity contribution in [2.24, 2.45) is 4.99 Å². The maximum absolute atomic E-state index is 12.3. The molecule has 27 heavy (non-hydrogen) atoms. The van der Waals surface area contributed by atoms with Gasteiger partial charge in [0.2, 0.25) is 5.91 Å². The van der Waals surface area contributed by atoms with E-state index in [9.17, 15) is 14.4 Å². The third kappa shape index (κ3) is 5.09. The molecule has 1 aromatic rings. The van der Waals surface area contributed by atoms with E-state index in [1.165, 1.54) is 11.8 Å². The molecule has 0 bridgehead atoms. The third-order valence-corrected chi connectivity index (χ3v) is 5.54. The number of anilines is 1. The monoisotopic (exact) mass is 388 g/mol. The summed E-state index contributed by atoms with van der Waals surface area (Å²) in [5, 5.41) is 5.88. The van der Waals surface area contributed by atoms with Crippen LogP contribution in [-0.2, 0) is 9.59 Å². The molecule has 2 N–H and O–H groups in total. The summed E-state index contributed by atoms with van der Waals surface area (Å²) in [4.78, 5) is 42.5. The molecule has 0 spiro atoms. The van der Waals surface area contributed by atoms with Crippen LogP contribution in [0.2, 0.25) is 0 Å². The highest BCUT2D eigenvalue weighted by atomic mass is 32.2. The Balaban J connectivity index is 1.51. The van der Waals surface area contributed by atoms with Crippen LogP contribution in [0.3, 0.4) is 0 Å². The van der Waals surface area contributed by atoms with Crippen LogP contribution in [0.25, 0.3) is 0 Å². The van der Waals surface area contributed by atoms with Crippen molar-refractivity contribution in [1.82, 2.24) is 10.2 Å². The van der Waals surface area contributed by atoms with Gasteiger partial charge in [0.25, 0.3) is 11.8 Å². The van der Waals surface area contributed by atoms with Gasteiger partial charge in [-0.15, -0.1) is 0 Å². The zero-order valence-corrected chi connectivity index (χ0v) is 16.3. The smallest absolute Gasteiger partial charge is 0.262 e. The number of benzene rings is 1. The molecule has 1 fully saturated rings. The van der Waals surface area contributed by atoms with E-state index >= 15 is 0 Å². The minimum Gasteiger partial charge on any atom is -0.351 e. The second-order valence-electron chi connectivity index (χ2n) is 6.99. The highest BCUT2D eigenvalue weighted by molar-refractivity contribution is 8.15. The topological polar surface area (TPSA) is 90.9 Å². The van der Waals surface area contributed by atoms with E-state index in [1.807, 2.05) is 13.8 Å². The van der Waals surface area contributed by atoms with Crippen molar-refractivity contribution in [3.8, 4) is 0 Å². The Kier molecular flexibility index (Phi) is 6.15. The SMILES string of the molecule is CC(C)NC(=O)c1ccc(NC(=O)C[C@@H]2SC(N3CCCC3)=NC2=O)cc1. The van der Waals surface area contributed by atoms with Gasteiger partial charge < -0.3 is 15.5 Å². The van der Waals surface area contributed by atoms with Crippen molar-refractivity contribution < 1.29 is 14.4 Å². The van der Waals surface area contributed by atoms with Gasteiger partial charge in [0.1, 0.15) is 5.25 Å². The quantitative estimate of drug-likeness (QED) is 0.807. The molecule has 2 heterocycles. The minimum absolute atomic E-state index is 0.0611. The average molecular weight is 388 g/mol. The fourth-order valence-corrected chi connectivity index (χ4v) is 4.10. The number of rotatable bonds is 5. The first-order valence-corrected chi connectivity index (χ1v) is 10.1. The zero-order valence-electron chi connectivity index (χ0n) is 15.5. The van der Waals surface area contributed by atoms with Gasteiger partial charge in [0.15, 0.2) is 5.17 Å². The molecule has 0 saturated carbocycles. The van der Waals surface area contributed by atoms with Gasteiger partial charge in [-0.25, -0.2) is 0 Å². The van der Waals surface area contributed by atoms with Gasteiger partial charge in [0, 0.05) is 36.8 Å². The molecule has 2 aliphatic heterocycles. The average Bonchev–Trinajstić information content (AvgIpc) is 3.25.